The van der Waals surface area contributed by atoms with Gasteiger partial charge in [0.1, 0.15) is 0 Å². The lowest BCUT2D eigenvalue weighted by atomic mass is 10.0. The van der Waals surface area contributed by atoms with Crippen molar-refractivity contribution < 1.29 is 5.11 Å². The van der Waals surface area contributed by atoms with Crippen molar-refractivity contribution >= 4 is 33.0 Å². The number of benzene rings is 1. The van der Waals surface area contributed by atoms with Crippen molar-refractivity contribution in [3.63, 3.8) is 0 Å². The van der Waals surface area contributed by atoms with Crippen LogP contribution in [0.25, 0.3) is 10.1 Å². The average Bonchev–Trinajstić information content (AvgIpc) is 2.62. The van der Waals surface area contributed by atoms with E-state index in [4.69, 9.17) is 16.7 Å². The Morgan fingerprint density at radius 1 is 1.50 bits per heavy atom. The van der Waals surface area contributed by atoms with Crippen molar-refractivity contribution in [1.29, 1.82) is 0 Å². The predicted octanol–water partition coefficient (Wildman–Crippen LogP) is 3.65. The summed E-state index contributed by atoms with van der Waals surface area (Å²) in [6.45, 7) is 2.17. The zero-order chi connectivity index (χ0) is 10.1. The molecule has 0 saturated heterocycles. The second kappa shape index (κ2) is 3.89. The van der Waals surface area contributed by atoms with E-state index in [1.807, 2.05) is 19.1 Å². The molecule has 0 aliphatic carbocycles. The van der Waals surface area contributed by atoms with E-state index in [1.54, 1.807) is 11.3 Å². The predicted molar refractivity (Wildman–Crippen MR) is 62.3 cm³/mol. The van der Waals surface area contributed by atoms with Crippen LogP contribution in [-0.4, -0.2) is 11.7 Å². The highest BCUT2D eigenvalue weighted by atomic mass is 35.5. The van der Waals surface area contributed by atoms with Gasteiger partial charge < -0.3 is 5.11 Å². The molecule has 0 aliphatic rings. The Balaban J connectivity index is 2.67. The van der Waals surface area contributed by atoms with Crippen LogP contribution in [0.5, 0.6) is 0 Å². The number of aliphatic hydroxyl groups is 1. The first-order chi connectivity index (χ1) is 6.74. The van der Waals surface area contributed by atoms with Crippen LogP contribution < -0.4 is 0 Å². The largest absolute Gasteiger partial charge is 0.396 e. The lowest BCUT2D eigenvalue weighted by Crippen LogP contribution is -1.97. The molecule has 0 spiro atoms. The Kier molecular flexibility index (Phi) is 2.77. The van der Waals surface area contributed by atoms with E-state index in [9.17, 15) is 0 Å². The second-order valence-electron chi connectivity index (χ2n) is 3.39. The van der Waals surface area contributed by atoms with Crippen molar-refractivity contribution in [3.8, 4) is 0 Å². The summed E-state index contributed by atoms with van der Waals surface area (Å²) < 4.78 is 1.19. The molecule has 2 aromatic rings. The number of thiophene rings is 1. The van der Waals surface area contributed by atoms with Crippen LogP contribution in [0.1, 0.15) is 18.4 Å². The van der Waals surface area contributed by atoms with Gasteiger partial charge in [0.25, 0.3) is 0 Å². The zero-order valence-electron chi connectivity index (χ0n) is 7.83. The molecular weight excluding hydrogens is 216 g/mol. The van der Waals surface area contributed by atoms with Gasteiger partial charge in [-0.15, -0.1) is 11.3 Å². The van der Waals surface area contributed by atoms with Gasteiger partial charge in [-0.2, -0.15) is 0 Å². The molecule has 0 bridgehead atoms. The summed E-state index contributed by atoms with van der Waals surface area (Å²) in [5, 5.41) is 13.1. The molecule has 0 saturated carbocycles. The first-order valence-corrected chi connectivity index (χ1v) is 5.76. The molecule has 0 fully saturated rings. The molecule has 3 heteroatoms. The Hall–Kier alpha value is -0.570. The standard InChI is InChI=1S/C11H11ClOS/c1-7(5-13)8-6-14-10-4-2-3-9(12)11(8)10/h2-4,6-7,13H,5H2,1H3. The molecule has 14 heavy (non-hydrogen) atoms. The van der Waals surface area contributed by atoms with E-state index >= 15 is 0 Å². The summed E-state index contributed by atoms with van der Waals surface area (Å²) in [7, 11) is 0. The maximum Gasteiger partial charge on any atom is 0.0497 e. The average molecular weight is 227 g/mol. The zero-order valence-corrected chi connectivity index (χ0v) is 9.40. The maximum atomic E-state index is 9.12. The van der Waals surface area contributed by atoms with E-state index in [-0.39, 0.29) is 12.5 Å². The van der Waals surface area contributed by atoms with Crippen molar-refractivity contribution in [2.45, 2.75) is 12.8 Å². The van der Waals surface area contributed by atoms with Crippen molar-refractivity contribution in [3.05, 3.63) is 34.2 Å². The van der Waals surface area contributed by atoms with Crippen molar-refractivity contribution in [2.75, 3.05) is 6.61 Å². The Bertz CT molecular complexity index is 449. The number of fused-ring (bicyclic) bond motifs is 1. The summed E-state index contributed by atoms with van der Waals surface area (Å²) in [5.41, 5.74) is 1.15. The summed E-state index contributed by atoms with van der Waals surface area (Å²) in [6, 6.07) is 5.90. The van der Waals surface area contributed by atoms with Crippen molar-refractivity contribution in [1.82, 2.24) is 0 Å². The van der Waals surface area contributed by atoms with E-state index in [0.29, 0.717) is 0 Å². The molecule has 1 N–H and O–H groups in total. The molecule has 2 rings (SSSR count). The molecule has 0 aliphatic heterocycles. The van der Waals surface area contributed by atoms with Gasteiger partial charge in [0.2, 0.25) is 0 Å². The Labute approximate surface area is 91.9 Å². The topological polar surface area (TPSA) is 20.2 Å². The normalized spacial score (nSPS) is 13.4. The molecule has 0 amide bonds. The molecule has 1 aromatic carbocycles. The molecule has 74 valence electrons. The fourth-order valence-electron chi connectivity index (χ4n) is 1.53. The van der Waals surface area contributed by atoms with Gasteiger partial charge in [-0.1, -0.05) is 24.6 Å². The number of halogens is 1. The van der Waals surface area contributed by atoms with Gasteiger partial charge in [-0.25, -0.2) is 0 Å². The summed E-state index contributed by atoms with van der Waals surface area (Å²) in [6.07, 6.45) is 0. The van der Waals surface area contributed by atoms with Gasteiger partial charge >= 0.3 is 0 Å². The molecule has 1 atom stereocenters. The molecule has 0 radical (unpaired) electrons. The van der Waals surface area contributed by atoms with Gasteiger partial charge in [-0.3, -0.25) is 0 Å². The minimum absolute atomic E-state index is 0.156. The van der Waals surface area contributed by atoms with E-state index in [2.05, 4.69) is 11.4 Å². The first kappa shape index (κ1) is 9.97. The smallest absolute Gasteiger partial charge is 0.0497 e. The fraction of sp³-hybridized carbons (Fsp3) is 0.273. The van der Waals surface area contributed by atoms with Crippen LogP contribution in [0.2, 0.25) is 5.02 Å². The number of rotatable bonds is 2. The van der Waals surface area contributed by atoms with Crippen LogP contribution >= 0.6 is 22.9 Å². The van der Waals surface area contributed by atoms with Crippen LogP contribution in [0.4, 0.5) is 0 Å². The van der Waals surface area contributed by atoms with Gasteiger partial charge in [-0.05, 0) is 23.1 Å². The van der Waals surface area contributed by atoms with Crippen molar-refractivity contribution in [2.24, 2.45) is 0 Å². The molecule has 1 nitrogen and oxygen atoms in total. The lowest BCUT2D eigenvalue weighted by molar-refractivity contribution is 0.274. The Morgan fingerprint density at radius 2 is 2.29 bits per heavy atom. The second-order valence-corrected chi connectivity index (χ2v) is 4.71. The third-order valence-electron chi connectivity index (χ3n) is 2.38. The highest BCUT2D eigenvalue weighted by Gasteiger charge is 2.12. The minimum atomic E-state index is 0.156. The highest BCUT2D eigenvalue weighted by Crippen LogP contribution is 2.35. The third kappa shape index (κ3) is 1.54. The van der Waals surface area contributed by atoms with E-state index in [0.717, 1.165) is 16.0 Å². The molecule has 1 heterocycles. The quantitative estimate of drug-likeness (QED) is 0.829. The lowest BCUT2D eigenvalue weighted by Gasteiger charge is -2.06. The van der Waals surface area contributed by atoms with Gasteiger partial charge in [0, 0.05) is 27.6 Å². The van der Waals surface area contributed by atoms with Crippen LogP contribution in [0, 0.1) is 0 Å². The fourth-order valence-corrected chi connectivity index (χ4v) is 2.98. The SMILES string of the molecule is CC(CO)c1csc2cccc(Cl)c12. The van der Waals surface area contributed by atoms with E-state index < -0.39 is 0 Å². The highest BCUT2D eigenvalue weighted by molar-refractivity contribution is 7.17. The summed E-state index contributed by atoms with van der Waals surface area (Å²) in [5.74, 6) is 0.156. The third-order valence-corrected chi connectivity index (χ3v) is 3.66. The molecular formula is C11H11ClOS. The maximum absolute atomic E-state index is 9.12. The van der Waals surface area contributed by atoms with Gasteiger partial charge in [0.15, 0.2) is 0 Å². The van der Waals surface area contributed by atoms with Crippen LogP contribution in [-0.2, 0) is 0 Å². The number of hydrogen-bond acceptors (Lipinski definition) is 2. The summed E-state index contributed by atoms with van der Waals surface area (Å²) >= 11 is 7.81. The van der Waals surface area contributed by atoms with Gasteiger partial charge in [0.05, 0.1) is 0 Å². The molecule has 1 aromatic heterocycles. The van der Waals surface area contributed by atoms with E-state index in [1.165, 1.54) is 4.70 Å². The first-order valence-electron chi connectivity index (χ1n) is 4.50. The molecule has 1 unspecified atom stereocenters. The number of aliphatic hydroxyl groups excluding tert-OH is 1. The monoisotopic (exact) mass is 226 g/mol. The summed E-state index contributed by atoms with van der Waals surface area (Å²) in [4.78, 5) is 0. The van der Waals surface area contributed by atoms with Crippen LogP contribution in [0.3, 0.4) is 0 Å². The number of hydrogen-bond donors (Lipinski definition) is 1. The minimum Gasteiger partial charge on any atom is -0.396 e. The Morgan fingerprint density at radius 3 is 3.00 bits per heavy atom. The van der Waals surface area contributed by atoms with Crippen LogP contribution in [0.15, 0.2) is 23.6 Å².